The van der Waals surface area contributed by atoms with Crippen molar-refractivity contribution in [1.29, 1.82) is 0 Å². The number of hydrogen-bond acceptors (Lipinski definition) is 3. The summed E-state index contributed by atoms with van der Waals surface area (Å²) >= 11 is 11.9. The monoisotopic (exact) mass is 410 g/mol. The fourth-order valence-electron chi connectivity index (χ4n) is 4.13. The number of carbonyl (C=O) groups is 1. The molecule has 1 spiro atoms. The second-order valence-corrected chi connectivity index (χ2v) is 8.50. The highest BCUT2D eigenvalue weighted by molar-refractivity contribution is 7.82. The minimum Gasteiger partial charge on any atom is -0.271 e. The molecule has 0 N–H and O–H groups in total. The van der Waals surface area contributed by atoms with Crippen LogP contribution in [0.3, 0.4) is 0 Å². The van der Waals surface area contributed by atoms with Gasteiger partial charge in [0, 0.05) is 16.1 Å². The molecule has 0 bridgehead atoms. The Morgan fingerprint density at radius 2 is 1.61 bits per heavy atom. The summed E-state index contributed by atoms with van der Waals surface area (Å²) in [6.07, 6.45) is 6.15. The predicted molar refractivity (Wildman–Crippen MR) is 118 cm³/mol. The number of aliphatic imine (C=N–C) groups is 1. The maximum atomic E-state index is 13.5. The molecule has 1 heterocycles. The van der Waals surface area contributed by atoms with Gasteiger partial charge in [-0.3, -0.25) is 14.7 Å². The molecular formula is C23H23ClN2OS. The second kappa shape index (κ2) is 7.76. The molecule has 1 aliphatic carbocycles. The second-order valence-electron chi connectivity index (χ2n) is 7.68. The van der Waals surface area contributed by atoms with Crippen LogP contribution in [-0.4, -0.2) is 27.2 Å². The third-order valence-corrected chi connectivity index (χ3v) is 6.29. The van der Waals surface area contributed by atoms with E-state index in [1.807, 2.05) is 55.5 Å². The summed E-state index contributed by atoms with van der Waals surface area (Å²) in [5.74, 6) is -0.0559. The van der Waals surface area contributed by atoms with Crippen LogP contribution >= 0.6 is 23.8 Å². The van der Waals surface area contributed by atoms with E-state index in [9.17, 15) is 4.79 Å². The SMILES string of the molecule is Cc1ccc(C(=O)N2C(=S)C(c3ccc(Cl)cc3)=NC23CCCCCC3)cc1. The van der Waals surface area contributed by atoms with Gasteiger partial charge in [0.25, 0.3) is 5.91 Å². The van der Waals surface area contributed by atoms with Gasteiger partial charge in [-0.1, -0.05) is 66.5 Å². The summed E-state index contributed by atoms with van der Waals surface area (Å²) in [6.45, 7) is 2.02. The first-order valence-electron chi connectivity index (χ1n) is 9.82. The first kappa shape index (κ1) is 19.3. The number of aryl methyl sites for hydroxylation is 1. The van der Waals surface area contributed by atoms with Gasteiger partial charge in [0.15, 0.2) is 0 Å². The van der Waals surface area contributed by atoms with Gasteiger partial charge in [0.2, 0.25) is 0 Å². The van der Waals surface area contributed by atoms with Gasteiger partial charge in [-0.05, 0) is 56.9 Å². The summed E-state index contributed by atoms with van der Waals surface area (Å²) in [4.78, 5) is 20.9. The van der Waals surface area contributed by atoms with Crippen LogP contribution < -0.4 is 0 Å². The van der Waals surface area contributed by atoms with E-state index in [1.54, 1.807) is 4.90 Å². The molecule has 1 aliphatic heterocycles. The smallest absolute Gasteiger partial charge is 0.260 e. The van der Waals surface area contributed by atoms with E-state index in [0.29, 0.717) is 15.6 Å². The van der Waals surface area contributed by atoms with Gasteiger partial charge in [-0.2, -0.15) is 0 Å². The molecule has 0 saturated heterocycles. The quantitative estimate of drug-likeness (QED) is 0.571. The number of rotatable bonds is 2. The summed E-state index contributed by atoms with van der Waals surface area (Å²) in [5.41, 5.74) is 2.86. The van der Waals surface area contributed by atoms with Crippen molar-refractivity contribution in [3.8, 4) is 0 Å². The maximum absolute atomic E-state index is 13.5. The average Bonchev–Trinajstić information content (AvgIpc) is 2.83. The van der Waals surface area contributed by atoms with Crippen molar-refractivity contribution in [2.45, 2.75) is 51.1 Å². The van der Waals surface area contributed by atoms with Crippen molar-refractivity contribution in [2.24, 2.45) is 4.99 Å². The first-order chi connectivity index (χ1) is 13.5. The molecule has 2 aromatic carbocycles. The normalized spacial score (nSPS) is 18.9. The molecule has 1 amide bonds. The molecule has 2 aliphatic rings. The lowest BCUT2D eigenvalue weighted by Crippen LogP contribution is -2.49. The van der Waals surface area contributed by atoms with Gasteiger partial charge in [0.05, 0.1) is 0 Å². The Morgan fingerprint density at radius 1 is 1.00 bits per heavy atom. The number of nitrogens with zero attached hydrogens (tertiary/aromatic N) is 2. The molecule has 2 aromatic rings. The number of benzene rings is 2. The van der Waals surface area contributed by atoms with E-state index in [2.05, 4.69) is 0 Å². The maximum Gasteiger partial charge on any atom is 0.260 e. The third kappa shape index (κ3) is 3.51. The van der Waals surface area contributed by atoms with Crippen LogP contribution in [-0.2, 0) is 0 Å². The fourth-order valence-corrected chi connectivity index (χ4v) is 4.68. The van der Waals surface area contributed by atoms with Crippen molar-refractivity contribution in [3.05, 3.63) is 70.2 Å². The summed E-state index contributed by atoms with van der Waals surface area (Å²) in [5, 5.41) is 0.671. The lowest BCUT2D eigenvalue weighted by atomic mass is 9.98. The molecule has 0 atom stereocenters. The minimum atomic E-state index is -0.565. The molecule has 3 nitrogen and oxygen atoms in total. The summed E-state index contributed by atoms with van der Waals surface area (Å²) in [7, 11) is 0. The van der Waals surface area contributed by atoms with Gasteiger partial charge in [-0.15, -0.1) is 0 Å². The molecule has 4 rings (SSSR count). The molecule has 0 unspecified atom stereocenters. The molecule has 0 aromatic heterocycles. The third-order valence-electron chi connectivity index (χ3n) is 5.67. The minimum absolute atomic E-state index is 0.0559. The lowest BCUT2D eigenvalue weighted by Gasteiger charge is -2.35. The molecule has 1 fully saturated rings. The number of halogens is 1. The highest BCUT2D eigenvalue weighted by Gasteiger charge is 2.48. The molecular weight excluding hydrogens is 388 g/mol. The molecule has 28 heavy (non-hydrogen) atoms. The molecule has 0 radical (unpaired) electrons. The van der Waals surface area contributed by atoms with E-state index in [0.717, 1.165) is 42.5 Å². The molecule has 1 saturated carbocycles. The number of amides is 1. The van der Waals surface area contributed by atoms with Crippen molar-refractivity contribution < 1.29 is 4.79 Å². The Bertz CT molecular complexity index is 926. The highest BCUT2D eigenvalue weighted by Crippen LogP contribution is 2.40. The van der Waals surface area contributed by atoms with Crippen LogP contribution in [0.4, 0.5) is 0 Å². The average molecular weight is 411 g/mol. The molecule has 144 valence electrons. The highest BCUT2D eigenvalue weighted by atomic mass is 35.5. The van der Waals surface area contributed by atoms with E-state index < -0.39 is 5.66 Å². The van der Waals surface area contributed by atoms with Gasteiger partial charge in [0.1, 0.15) is 16.4 Å². The van der Waals surface area contributed by atoms with Crippen molar-refractivity contribution in [1.82, 2.24) is 4.90 Å². The lowest BCUT2D eigenvalue weighted by molar-refractivity contribution is 0.0692. The Hall–Kier alpha value is -2.04. The van der Waals surface area contributed by atoms with Crippen LogP contribution in [0.25, 0.3) is 0 Å². The van der Waals surface area contributed by atoms with Crippen LogP contribution in [0, 0.1) is 6.92 Å². The Morgan fingerprint density at radius 3 is 2.21 bits per heavy atom. The van der Waals surface area contributed by atoms with Gasteiger partial charge >= 0.3 is 0 Å². The van der Waals surface area contributed by atoms with Crippen LogP contribution in [0.2, 0.25) is 5.02 Å². The number of thiocarbonyl (C=S) groups is 1. The van der Waals surface area contributed by atoms with E-state index in [-0.39, 0.29) is 5.91 Å². The van der Waals surface area contributed by atoms with E-state index in [4.69, 9.17) is 28.8 Å². The number of hydrogen-bond donors (Lipinski definition) is 0. The zero-order valence-electron chi connectivity index (χ0n) is 16.0. The zero-order chi connectivity index (χ0) is 19.7. The van der Waals surface area contributed by atoms with Crippen molar-refractivity contribution >= 4 is 40.4 Å². The van der Waals surface area contributed by atoms with E-state index in [1.165, 1.54) is 12.8 Å². The van der Waals surface area contributed by atoms with E-state index >= 15 is 0 Å². The van der Waals surface area contributed by atoms with Crippen LogP contribution in [0.15, 0.2) is 53.5 Å². The largest absolute Gasteiger partial charge is 0.271 e. The Kier molecular flexibility index (Phi) is 5.35. The molecule has 5 heteroatoms. The van der Waals surface area contributed by atoms with Crippen LogP contribution in [0.1, 0.15) is 60.0 Å². The Labute approximate surface area is 176 Å². The topological polar surface area (TPSA) is 32.7 Å². The Balaban J connectivity index is 1.77. The predicted octanol–water partition coefficient (Wildman–Crippen LogP) is 5.97. The van der Waals surface area contributed by atoms with Crippen LogP contribution in [0.5, 0.6) is 0 Å². The fraction of sp³-hybridized carbons (Fsp3) is 0.348. The summed E-state index contributed by atoms with van der Waals surface area (Å²) in [6, 6.07) is 15.2. The summed E-state index contributed by atoms with van der Waals surface area (Å²) < 4.78 is 0. The standard InChI is InChI=1S/C23H23ClN2OS/c1-16-6-8-18(9-7-16)21(27)26-22(28)20(17-10-12-19(24)13-11-17)25-23(26)14-4-2-3-5-15-23/h6-13H,2-5,14-15H2,1H3. The van der Waals surface area contributed by atoms with Crippen molar-refractivity contribution in [2.75, 3.05) is 0 Å². The van der Waals surface area contributed by atoms with Gasteiger partial charge in [-0.25, -0.2) is 0 Å². The first-order valence-corrected chi connectivity index (χ1v) is 10.6. The number of carbonyl (C=O) groups excluding carboxylic acids is 1. The van der Waals surface area contributed by atoms with Crippen molar-refractivity contribution in [3.63, 3.8) is 0 Å². The van der Waals surface area contributed by atoms with Gasteiger partial charge < -0.3 is 0 Å². The zero-order valence-corrected chi connectivity index (χ0v) is 17.5.